The summed E-state index contributed by atoms with van der Waals surface area (Å²) in [6, 6.07) is 10.8. The molecule has 0 bridgehead atoms. The van der Waals surface area contributed by atoms with Crippen molar-refractivity contribution in [1.82, 2.24) is 5.32 Å². The SMILES string of the molecule is Cc1ccc(CNC(C)c2ccc(Cl)cc2Cl)cc1F. The number of halogens is 3. The summed E-state index contributed by atoms with van der Waals surface area (Å²) < 4.78 is 13.5. The lowest BCUT2D eigenvalue weighted by molar-refractivity contribution is 0.568. The van der Waals surface area contributed by atoms with Crippen molar-refractivity contribution in [2.75, 3.05) is 0 Å². The lowest BCUT2D eigenvalue weighted by Gasteiger charge is -2.16. The Labute approximate surface area is 128 Å². The molecule has 0 spiro atoms. The molecule has 1 unspecified atom stereocenters. The van der Waals surface area contributed by atoms with E-state index in [0.29, 0.717) is 22.2 Å². The van der Waals surface area contributed by atoms with Crippen LogP contribution in [0, 0.1) is 12.7 Å². The Morgan fingerprint density at radius 2 is 1.90 bits per heavy atom. The number of rotatable bonds is 4. The van der Waals surface area contributed by atoms with Crippen LogP contribution in [0.5, 0.6) is 0 Å². The van der Waals surface area contributed by atoms with Crippen LogP contribution in [0.4, 0.5) is 4.39 Å². The van der Waals surface area contributed by atoms with Gasteiger partial charge in [-0.2, -0.15) is 0 Å². The van der Waals surface area contributed by atoms with Crippen molar-refractivity contribution >= 4 is 23.2 Å². The fourth-order valence-corrected chi connectivity index (χ4v) is 2.55. The van der Waals surface area contributed by atoms with Gasteiger partial charge in [-0.1, -0.05) is 41.4 Å². The molecule has 2 aromatic rings. The normalized spacial score (nSPS) is 12.4. The lowest BCUT2D eigenvalue weighted by atomic mass is 10.1. The van der Waals surface area contributed by atoms with Gasteiger partial charge in [0.15, 0.2) is 0 Å². The van der Waals surface area contributed by atoms with Crippen molar-refractivity contribution in [3.63, 3.8) is 0 Å². The van der Waals surface area contributed by atoms with Crippen molar-refractivity contribution in [3.05, 3.63) is 69.0 Å². The molecule has 0 radical (unpaired) electrons. The second-order valence-electron chi connectivity index (χ2n) is 4.85. The van der Waals surface area contributed by atoms with Crippen LogP contribution in [0.1, 0.15) is 29.7 Å². The average molecular weight is 312 g/mol. The van der Waals surface area contributed by atoms with Crippen molar-refractivity contribution < 1.29 is 4.39 Å². The molecular weight excluding hydrogens is 296 g/mol. The minimum atomic E-state index is -0.179. The summed E-state index contributed by atoms with van der Waals surface area (Å²) in [6.45, 7) is 4.35. The Morgan fingerprint density at radius 3 is 2.55 bits per heavy atom. The molecule has 0 aliphatic rings. The van der Waals surface area contributed by atoms with Crippen LogP contribution >= 0.6 is 23.2 Å². The molecule has 1 N–H and O–H groups in total. The van der Waals surface area contributed by atoms with Gasteiger partial charge in [-0.3, -0.25) is 0 Å². The summed E-state index contributed by atoms with van der Waals surface area (Å²) in [6.07, 6.45) is 0. The zero-order valence-corrected chi connectivity index (χ0v) is 12.9. The van der Waals surface area contributed by atoms with Gasteiger partial charge in [0, 0.05) is 22.6 Å². The molecule has 0 aliphatic carbocycles. The third-order valence-electron chi connectivity index (χ3n) is 3.28. The van der Waals surface area contributed by atoms with E-state index in [2.05, 4.69) is 5.32 Å². The molecule has 0 heterocycles. The molecule has 0 amide bonds. The summed E-state index contributed by atoms with van der Waals surface area (Å²) in [7, 11) is 0. The first-order valence-corrected chi connectivity index (χ1v) is 7.16. The van der Waals surface area contributed by atoms with Crippen molar-refractivity contribution in [2.45, 2.75) is 26.4 Å². The maximum atomic E-state index is 13.5. The van der Waals surface area contributed by atoms with Crippen molar-refractivity contribution in [3.8, 4) is 0 Å². The Balaban J connectivity index is 2.04. The minimum Gasteiger partial charge on any atom is -0.306 e. The predicted octanol–water partition coefficient (Wildman–Crippen LogP) is 5.29. The van der Waals surface area contributed by atoms with E-state index < -0.39 is 0 Å². The Kier molecular flexibility index (Phi) is 5.03. The molecule has 0 saturated carbocycles. The van der Waals surface area contributed by atoms with E-state index >= 15 is 0 Å². The van der Waals surface area contributed by atoms with Crippen molar-refractivity contribution in [2.24, 2.45) is 0 Å². The van der Waals surface area contributed by atoms with Gasteiger partial charge in [0.2, 0.25) is 0 Å². The molecule has 1 atom stereocenters. The highest BCUT2D eigenvalue weighted by Crippen LogP contribution is 2.26. The highest BCUT2D eigenvalue weighted by molar-refractivity contribution is 6.35. The molecule has 4 heteroatoms. The summed E-state index contributed by atoms with van der Waals surface area (Å²) in [5, 5.41) is 4.58. The second-order valence-corrected chi connectivity index (χ2v) is 5.70. The van der Waals surface area contributed by atoms with Crippen LogP contribution in [0.3, 0.4) is 0 Å². The van der Waals surface area contributed by atoms with Crippen LogP contribution in [-0.2, 0) is 6.54 Å². The number of hydrogen-bond donors (Lipinski definition) is 1. The van der Waals surface area contributed by atoms with Gasteiger partial charge in [-0.05, 0) is 48.7 Å². The zero-order valence-electron chi connectivity index (χ0n) is 11.4. The molecule has 0 fully saturated rings. The summed E-state index contributed by atoms with van der Waals surface area (Å²) in [5.41, 5.74) is 2.54. The molecule has 106 valence electrons. The molecule has 20 heavy (non-hydrogen) atoms. The third-order valence-corrected chi connectivity index (χ3v) is 3.84. The maximum absolute atomic E-state index is 13.5. The molecule has 0 aromatic heterocycles. The van der Waals surface area contributed by atoms with Gasteiger partial charge in [0.25, 0.3) is 0 Å². The number of aryl methyl sites for hydroxylation is 1. The van der Waals surface area contributed by atoms with Gasteiger partial charge < -0.3 is 5.32 Å². The fraction of sp³-hybridized carbons (Fsp3) is 0.250. The minimum absolute atomic E-state index is 0.0594. The van der Waals surface area contributed by atoms with Crippen molar-refractivity contribution in [1.29, 1.82) is 0 Å². The third kappa shape index (κ3) is 3.72. The van der Waals surface area contributed by atoms with Gasteiger partial charge >= 0.3 is 0 Å². The summed E-state index contributed by atoms with van der Waals surface area (Å²) in [5.74, 6) is -0.179. The number of hydrogen-bond acceptors (Lipinski definition) is 1. The standard InChI is InChI=1S/C16H16Cl2FN/c1-10-3-4-12(7-16(10)19)9-20-11(2)14-6-5-13(17)8-15(14)18/h3-8,11,20H,9H2,1-2H3. The van der Waals surface area contributed by atoms with Crippen LogP contribution < -0.4 is 5.32 Å². The molecule has 2 rings (SSSR count). The first-order chi connectivity index (χ1) is 9.47. The van der Waals surface area contributed by atoms with Gasteiger partial charge in [-0.15, -0.1) is 0 Å². The van der Waals surface area contributed by atoms with Gasteiger partial charge in [0.1, 0.15) is 5.82 Å². The topological polar surface area (TPSA) is 12.0 Å². The average Bonchev–Trinajstić information content (AvgIpc) is 2.40. The van der Waals surface area contributed by atoms with E-state index in [-0.39, 0.29) is 11.9 Å². The smallest absolute Gasteiger partial charge is 0.126 e. The van der Waals surface area contributed by atoms with E-state index in [1.165, 1.54) is 0 Å². The van der Waals surface area contributed by atoms with E-state index in [1.54, 1.807) is 25.1 Å². The highest BCUT2D eigenvalue weighted by atomic mass is 35.5. The molecule has 1 nitrogen and oxygen atoms in total. The Morgan fingerprint density at radius 1 is 1.15 bits per heavy atom. The van der Waals surface area contributed by atoms with E-state index in [4.69, 9.17) is 23.2 Å². The first-order valence-electron chi connectivity index (χ1n) is 6.40. The Hall–Kier alpha value is -1.09. The lowest BCUT2D eigenvalue weighted by Crippen LogP contribution is -2.18. The van der Waals surface area contributed by atoms with Gasteiger partial charge in [0.05, 0.1) is 0 Å². The van der Waals surface area contributed by atoms with Crippen LogP contribution in [0.15, 0.2) is 36.4 Å². The molecule has 2 aromatic carbocycles. The Bertz CT molecular complexity index is 613. The highest BCUT2D eigenvalue weighted by Gasteiger charge is 2.10. The van der Waals surface area contributed by atoms with Crippen LogP contribution in [0.2, 0.25) is 10.0 Å². The first kappa shape index (κ1) is 15.3. The van der Waals surface area contributed by atoms with Gasteiger partial charge in [-0.25, -0.2) is 4.39 Å². The summed E-state index contributed by atoms with van der Waals surface area (Å²) in [4.78, 5) is 0. The molecule has 0 saturated heterocycles. The largest absolute Gasteiger partial charge is 0.306 e. The zero-order chi connectivity index (χ0) is 14.7. The van der Waals surface area contributed by atoms with E-state index in [1.807, 2.05) is 25.1 Å². The molecular formula is C16H16Cl2FN. The fourth-order valence-electron chi connectivity index (χ4n) is 1.98. The molecule has 0 aliphatic heterocycles. The number of benzene rings is 2. The number of nitrogens with one attached hydrogen (secondary N) is 1. The van der Waals surface area contributed by atoms with E-state index in [9.17, 15) is 4.39 Å². The summed E-state index contributed by atoms with van der Waals surface area (Å²) >= 11 is 12.0. The van der Waals surface area contributed by atoms with E-state index in [0.717, 1.165) is 11.1 Å². The second kappa shape index (κ2) is 6.57. The maximum Gasteiger partial charge on any atom is 0.126 e. The predicted molar refractivity (Wildman–Crippen MR) is 82.9 cm³/mol. The van der Waals surface area contributed by atoms with Crippen LogP contribution in [-0.4, -0.2) is 0 Å². The van der Waals surface area contributed by atoms with Crippen LogP contribution in [0.25, 0.3) is 0 Å². The monoisotopic (exact) mass is 311 g/mol. The quantitative estimate of drug-likeness (QED) is 0.808.